The average molecular weight is 503 g/mol. The third-order valence-electron chi connectivity index (χ3n) is 4.50. The van der Waals surface area contributed by atoms with Gasteiger partial charge in [-0.05, 0) is 11.1 Å². The lowest BCUT2D eigenvalue weighted by Crippen LogP contribution is -2.13. The lowest BCUT2D eigenvalue weighted by molar-refractivity contribution is 0.784. The van der Waals surface area contributed by atoms with Crippen LogP contribution in [-0.4, -0.2) is 21.6 Å². The summed E-state index contributed by atoms with van der Waals surface area (Å²) in [5.41, 5.74) is 1.95. The maximum atomic E-state index is 12.3. The molecule has 0 radical (unpaired) electrons. The molecule has 0 unspecified atom stereocenters. The van der Waals surface area contributed by atoms with Crippen LogP contribution < -0.4 is 9.75 Å². The Labute approximate surface area is 201 Å². The van der Waals surface area contributed by atoms with Crippen molar-refractivity contribution in [1.82, 2.24) is 9.13 Å². The first kappa shape index (κ1) is 22.4. The maximum absolute atomic E-state index is 12.3. The van der Waals surface area contributed by atoms with Gasteiger partial charge in [-0.15, -0.1) is 0 Å². The van der Waals surface area contributed by atoms with Crippen molar-refractivity contribution in [2.75, 3.05) is 0 Å². The van der Waals surface area contributed by atoms with E-state index in [9.17, 15) is 9.59 Å². The van der Waals surface area contributed by atoms with Gasteiger partial charge in [-0.25, -0.2) is 0 Å². The summed E-state index contributed by atoms with van der Waals surface area (Å²) < 4.78 is 2.97. The van der Waals surface area contributed by atoms with Crippen LogP contribution in [0.3, 0.4) is 0 Å². The van der Waals surface area contributed by atoms with E-state index < -0.39 is 0 Å². The van der Waals surface area contributed by atoms with Crippen LogP contribution in [0.5, 0.6) is 0 Å². The summed E-state index contributed by atoms with van der Waals surface area (Å²) in [6, 6.07) is 19.2. The standard InChI is InChI=1S/C22H16Cl2N4O2S2/c23-19-17(31-21(29)27(19)13-15-7-3-1-4-8-15)11-25-26-12-18-20(24)28(22(30)32-18)14-16-9-5-2-6-10-16/h1-12H,13-14H2/b25-11+,26-12+. The van der Waals surface area contributed by atoms with Gasteiger partial charge in [-0.1, -0.05) is 107 Å². The van der Waals surface area contributed by atoms with Crippen LogP contribution >= 0.6 is 45.9 Å². The highest BCUT2D eigenvalue weighted by atomic mass is 35.5. The summed E-state index contributed by atoms with van der Waals surface area (Å²) in [6.45, 7) is 0.759. The number of halogens is 2. The van der Waals surface area contributed by atoms with Gasteiger partial charge in [0.15, 0.2) is 0 Å². The molecule has 0 fully saturated rings. The largest absolute Gasteiger partial charge is 0.309 e. The van der Waals surface area contributed by atoms with Crippen molar-refractivity contribution in [3.8, 4) is 0 Å². The first-order valence-electron chi connectivity index (χ1n) is 9.45. The quantitative estimate of drug-likeness (QED) is 0.264. The molecule has 0 saturated carbocycles. The summed E-state index contributed by atoms with van der Waals surface area (Å²) in [5, 5.41) is 8.57. The van der Waals surface area contributed by atoms with E-state index in [2.05, 4.69) is 10.2 Å². The van der Waals surface area contributed by atoms with E-state index in [0.29, 0.717) is 33.2 Å². The van der Waals surface area contributed by atoms with E-state index >= 15 is 0 Å². The number of hydrogen-bond donors (Lipinski definition) is 0. The molecule has 0 atom stereocenters. The minimum Gasteiger partial charge on any atom is -0.284 e. The Kier molecular flexibility index (Phi) is 7.16. The summed E-state index contributed by atoms with van der Waals surface area (Å²) in [4.78, 5) is 25.3. The first-order valence-corrected chi connectivity index (χ1v) is 11.8. The lowest BCUT2D eigenvalue weighted by atomic mass is 10.2. The van der Waals surface area contributed by atoms with Crippen LogP contribution in [0.2, 0.25) is 10.3 Å². The van der Waals surface area contributed by atoms with E-state index in [4.69, 9.17) is 23.2 Å². The van der Waals surface area contributed by atoms with Crippen molar-refractivity contribution in [2.45, 2.75) is 13.1 Å². The SMILES string of the molecule is O=c1sc(/C=N/N=C/c2sc(=O)n(Cc3ccccc3)c2Cl)c(Cl)n1Cc1ccccc1. The van der Waals surface area contributed by atoms with Gasteiger partial charge in [0.2, 0.25) is 0 Å². The van der Waals surface area contributed by atoms with Gasteiger partial charge in [-0.2, -0.15) is 10.2 Å². The van der Waals surface area contributed by atoms with Crippen LogP contribution in [0, 0.1) is 0 Å². The maximum Gasteiger partial charge on any atom is 0.309 e. The molecule has 0 N–H and O–H groups in total. The van der Waals surface area contributed by atoms with Gasteiger partial charge in [0, 0.05) is 0 Å². The molecule has 2 aromatic heterocycles. The Hall–Kier alpha value is -2.78. The molecular weight excluding hydrogens is 487 g/mol. The van der Waals surface area contributed by atoms with Gasteiger partial charge < -0.3 is 0 Å². The third kappa shape index (κ3) is 5.16. The highest BCUT2D eigenvalue weighted by molar-refractivity contribution is 7.12. The molecule has 4 aromatic rings. The summed E-state index contributed by atoms with van der Waals surface area (Å²) in [5.74, 6) is 0. The van der Waals surface area contributed by atoms with Gasteiger partial charge in [-0.3, -0.25) is 18.7 Å². The molecular formula is C22H16Cl2N4O2S2. The van der Waals surface area contributed by atoms with Crippen molar-refractivity contribution in [3.63, 3.8) is 0 Å². The van der Waals surface area contributed by atoms with Crippen molar-refractivity contribution in [2.24, 2.45) is 10.2 Å². The van der Waals surface area contributed by atoms with E-state index in [1.807, 2.05) is 60.7 Å². The predicted molar refractivity (Wildman–Crippen MR) is 133 cm³/mol. The smallest absolute Gasteiger partial charge is 0.284 e. The molecule has 0 spiro atoms. The molecule has 10 heteroatoms. The number of thiazole rings is 2. The lowest BCUT2D eigenvalue weighted by Gasteiger charge is -2.03. The van der Waals surface area contributed by atoms with Crippen molar-refractivity contribution >= 4 is 58.3 Å². The molecule has 0 bridgehead atoms. The number of aromatic nitrogens is 2. The summed E-state index contributed by atoms with van der Waals surface area (Å²) in [7, 11) is 0. The molecule has 0 aliphatic carbocycles. The molecule has 0 aliphatic heterocycles. The Morgan fingerprint density at radius 3 is 1.44 bits per heavy atom. The average Bonchev–Trinajstić information content (AvgIpc) is 3.22. The van der Waals surface area contributed by atoms with E-state index in [-0.39, 0.29) is 9.75 Å². The number of rotatable bonds is 7. The Bertz CT molecular complexity index is 1280. The van der Waals surface area contributed by atoms with Crippen LogP contribution in [0.1, 0.15) is 20.9 Å². The topological polar surface area (TPSA) is 68.7 Å². The Morgan fingerprint density at radius 2 is 1.06 bits per heavy atom. The third-order valence-corrected chi connectivity index (χ3v) is 7.37. The number of benzene rings is 2. The fourth-order valence-electron chi connectivity index (χ4n) is 2.94. The molecule has 0 saturated heterocycles. The van der Waals surface area contributed by atoms with Gasteiger partial charge >= 0.3 is 9.75 Å². The number of nitrogens with zero attached hydrogens (tertiary/aromatic N) is 4. The molecule has 2 heterocycles. The summed E-state index contributed by atoms with van der Waals surface area (Å²) >= 11 is 14.7. The second-order valence-electron chi connectivity index (χ2n) is 6.68. The highest BCUT2D eigenvalue weighted by Gasteiger charge is 2.13. The Balaban J connectivity index is 1.48. The second-order valence-corrected chi connectivity index (χ2v) is 9.38. The van der Waals surface area contributed by atoms with E-state index in [1.165, 1.54) is 21.6 Å². The molecule has 32 heavy (non-hydrogen) atoms. The zero-order chi connectivity index (χ0) is 22.5. The van der Waals surface area contributed by atoms with Crippen LogP contribution in [0.4, 0.5) is 0 Å². The molecule has 162 valence electrons. The van der Waals surface area contributed by atoms with Crippen molar-refractivity contribution in [1.29, 1.82) is 0 Å². The zero-order valence-electron chi connectivity index (χ0n) is 16.5. The Morgan fingerprint density at radius 1 is 0.688 bits per heavy atom. The molecule has 6 nitrogen and oxygen atoms in total. The van der Waals surface area contributed by atoms with Crippen LogP contribution in [0.25, 0.3) is 0 Å². The van der Waals surface area contributed by atoms with E-state index in [1.54, 1.807) is 0 Å². The molecule has 2 aromatic carbocycles. The highest BCUT2D eigenvalue weighted by Crippen LogP contribution is 2.20. The fourth-order valence-corrected chi connectivity index (χ4v) is 5.14. The summed E-state index contributed by atoms with van der Waals surface area (Å²) in [6.07, 6.45) is 2.84. The molecule has 0 aliphatic rings. The first-order chi connectivity index (χ1) is 15.5. The predicted octanol–water partition coefficient (Wildman–Crippen LogP) is 4.99. The molecule has 0 amide bonds. The minimum absolute atomic E-state index is 0.177. The van der Waals surface area contributed by atoms with Crippen LogP contribution in [0.15, 0.2) is 80.5 Å². The van der Waals surface area contributed by atoms with Crippen LogP contribution in [-0.2, 0) is 13.1 Å². The minimum atomic E-state index is -0.177. The monoisotopic (exact) mass is 502 g/mol. The fraction of sp³-hybridized carbons (Fsp3) is 0.0909. The van der Waals surface area contributed by atoms with Crippen molar-refractivity contribution < 1.29 is 0 Å². The second kappa shape index (κ2) is 10.2. The molecule has 4 rings (SSSR count). The van der Waals surface area contributed by atoms with Crippen molar-refractivity contribution in [3.05, 3.63) is 111 Å². The normalized spacial score (nSPS) is 11.7. The van der Waals surface area contributed by atoms with E-state index in [0.717, 1.165) is 33.8 Å². The van der Waals surface area contributed by atoms with Gasteiger partial charge in [0.1, 0.15) is 10.3 Å². The number of hydrogen-bond acceptors (Lipinski definition) is 6. The van der Waals surface area contributed by atoms with Gasteiger partial charge in [0.25, 0.3) is 0 Å². The zero-order valence-corrected chi connectivity index (χ0v) is 19.7. The van der Waals surface area contributed by atoms with Gasteiger partial charge in [0.05, 0.1) is 35.3 Å².